The van der Waals surface area contributed by atoms with Crippen molar-refractivity contribution in [1.29, 1.82) is 0 Å². The van der Waals surface area contributed by atoms with Crippen LogP contribution in [0.5, 0.6) is 0 Å². The van der Waals surface area contributed by atoms with E-state index in [4.69, 9.17) is 10.5 Å². The van der Waals surface area contributed by atoms with Crippen molar-refractivity contribution in [2.45, 2.75) is 32.4 Å². The third kappa shape index (κ3) is 4.75. The molecule has 0 bridgehead atoms. The van der Waals surface area contributed by atoms with E-state index in [2.05, 4.69) is 5.32 Å². The molecule has 15 heavy (non-hydrogen) atoms. The molecule has 0 radical (unpaired) electrons. The lowest BCUT2D eigenvalue weighted by Gasteiger charge is -2.21. The van der Waals surface area contributed by atoms with Crippen molar-refractivity contribution >= 4 is 17.9 Å². The van der Waals surface area contributed by atoms with Gasteiger partial charge in [0.05, 0.1) is 0 Å². The number of carbonyl (C=O) groups is 1. The Hall–Kier alpha value is -0.420. The first-order valence-corrected chi connectivity index (χ1v) is 6.34. The summed E-state index contributed by atoms with van der Waals surface area (Å²) >= 11 is 1.84. The third-order valence-electron chi connectivity index (χ3n) is 2.16. The molecule has 0 aromatic carbocycles. The van der Waals surface area contributed by atoms with Crippen molar-refractivity contribution in [2.75, 3.05) is 18.1 Å². The first-order chi connectivity index (χ1) is 6.88. The fourth-order valence-corrected chi connectivity index (χ4v) is 2.70. The summed E-state index contributed by atoms with van der Waals surface area (Å²) in [7, 11) is 0. The highest BCUT2D eigenvalue weighted by molar-refractivity contribution is 7.99. The zero-order chi connectivity index (χ0) is 11.5. The number of hydrogen-bond donors (Lipinski definition) is 2. The Morgan fingerprint density at radius 2 is 2.20 bits per heavy atom. The van der Waals surface area contributed by atoms with Crippen LogP contribution in [-0.4, -0.2) is 35.8 Å². The first-order valence-electron chi connectivity index (χ1n) is 5.18. The highest BCUT2D eigenvalue weighted by Crippen LogP contribution is 2.21. The Kier molecular flexibility index (Phi) is 4.28. The van der Waals surface area contributed by atoms with E-state index in [9.17, 15) is 4.79 Å². The van der Waals surface area contributed by atoms with Gasteiger partial charge in [0, 0.05) is 24.3 Å². The highest BCUT2D eigenvalue weighted by Gasteiger charge is 2.25. The standard InChI is InChI=1S/C10H20N2O2S/c1-10(2,3)14-9(13)12-4-7-5-15-6-8(7)11/h7-8H,4-6,11H2,1-3H3,(H,12,13). The van der Waals surface area contributed by atoms with E-state index in [0.29, 0.717) is 12.5 Å². The zero-order valence-electron chi connectivity index (χ0n) is 9.58. The number of hydrogen-bond acceptors (Lipinski definition) is 4. The molecule has 0 aromatic heterocycles. The average Bonchev–Trinajstić information content (AvgIpc) is 2.44. The monoisotopic (exact) mass is 232 g/mol. The smallest absolute Gasteiger partial charge is 0.407 e. The van der Waals surface area contributed by atoms with Crippen LogP contribution in [0.4, 0.5) is 4.79 Å². The molecule has 2 unspecified atom stereocenters. The molecule has 88 valence electrons. The average molecular weight is 232 g/mol. The van der Waals surface area contributed by atoms with Gasteiger partial charge < -0.3 is 15.8 Å². The number of amides is 1. The van der Waals surface area contributed by atoms with Gasteiger partial charge in [-0.15, -0.1) is 0 Å². The number of nitrogens with one attached hydrogen (secondary N) is 1. The van der Waals surface area contributed by atoms with Crippen LogP contribution in [-0.2, 0) is 4.74 Å². The van der Waals surface area contributed by atoms with Crippen molar-refractivity contribution < 1.29 is 9.53 Å². The highest BCUT2D eigenvalue weighted by atomic mass is 32.2. The number of rotatable bonds is 2. The second-order valence-corrected chi connectivity index (χ2v) is 5.92. The SMILES string of the molecule is CC(C)(C)OC(=O)NCC1CSCC1N. The molecule has 4 nitrogen and oxygen atoms in total. The topological polar surface area (TPSA) is 64.3 Å². The maximum Gasteiger partial charge on any atom is 0.407 e. The molecule has 1 amide bonds. The van der Waals surface area contributed by atoms with Gasteiger partial charge >= 0.3 is 6.09 Å². The normalized spacial score (nSPS) is 26.4. The minimum atomic E-state index is -0.434. The van der Waals surface area contributed by atoms with Crippen LogP contribution in [0.15, 0.2) is 0 Å². The summed E-state index contributed by atoms with van der Waals surface area (Å²) in [6, 6.07) is 0.199. The minimum absolute atomic E-state index is 0.199. The van der Waals surface area contributed by atoms with Gasteiger partial charge in [-0.3, -0.25) is 0 Å². The Bertz CT molecular complexity index is 228. The number of thioether (sulfide) groups is 1. The molecule has 5 heteroatoms. The summed E-state index contributed by atoms with van der Waals surface area (Å²) in [5.41, 5.74) is 5.45. The van der Waals surface area contributed by atoms with E-state index in [1.165, 1.54) is 0 Å². The van der Waals surface area contributed by atoms with Crippen LogP contribution in [0.1, 0.15) is 20.8 Å². The maximum absolute atomic E-state index is 11.3. The van der Waals surface area contributed by atoms with E-state index < -0.39 is 5.60 Å². The van der Waals surface area contributed by atoms with Gasteiger partial charge in [-0.05, 0) is 26.5 Å². The summed E-state index contributed by atoms with van der Waals surface area (Å²) in [6.45, 7) is 6.17. The van der Waals surface area contributed by atoms with Crippen molar-refractivity contribution in [3.8, 4) is 0 Å². The minimum Gasteiger partial charge on any atom is -0.444 e. The Morgan fingerprint density at radius 3 is 2.67 bits per heavy atom. The second-order valence-electron chi connectivity index (χ2n) is 4.84. The fourth-order valence-electron chi connectivity index (χ4n) is 1.35. The summed E-state index contributed by atoms with van der Waals surface area (Å²) in [4.78, 5) is 11.3. The number of ether oxygens (including phenoxy) is 1. The molecule has 1 rings (SSSR count). The van der Waals surface area contributed by atoms with E-state index in [0.717, 1.165) is 11.5 Å². The lowest BCUT2D eigenvalue weighted by Crippen LogP contribution is -2.40. The van der Waals surface area contributed by atoms with Gasteiger partial charge in [0.15, 0.2) is 0 Å². The van der Waals surface area contributed by atoms with Gasteiger partial charge in [-0.25, -0.2) is 4.79 Å². The number of nitrogens with two attached hydrogens (primary N) is 1. The van der Waals surface area contributed by atoms with E-state index in [1.54, 1.807) is 0 Å². The van der Waals surface area contributed by atoms with Crippen molar-refractivity contribution in [1.82, 2.24) is 5.32 Å². The lowest BCUT2D eigenvalue weighted by atomic mass is 10.1. The summed E-state index contributed by atoms with van der Waals surface area (Å²) in [5.74, 6) is 2.39. The molecule has 2 atom stereocenters. The lowest BCUT2D eigenvalue weighted by molar-refractivity contribution is 0.0520. The molecule has 0 saturated carbocycles. The molecule has 1 saturated heterocycles. The summed E-state index contributed by atoms with van der Waals surface area (Å²) in [5, 5.41) is 2.76. The molecule has 1 aliphatic rings. The molecule has 3 N–H and O–H groups in total. The molecule has 1 fully saturated rings. The Morgan fingerprint density at radius 1 is 1.53 bits per heavy atom. The van der Waals surface area contributed by atoms with Gasteiger partial charge in [-0.2, -0.15) is 11.8 Å². The molecule has 1 heterocycles. The Labute approximate surface area is 95.3 Å². The summed E-state index contributed by atoms with van der Waals surface area (Å²) in [6.07, 6.45) is -0.355. The van der Waals surface area contributed by atoms with E-state index in [-0.39, 0.29) is 12.1 Å². The molecule has 1 aliphatic heterocycles. The zero-order valence-corrected chi connectivity index (χ0v) is 10.4. The third-order valence-corrected chi connectivity index (χ3v) is 3.44. The Balaban J connectivity index is 2.22. The predicted octanol–water partition coefficient (Wildman–Crippen LogP) is 1.20. The van der Waals surface area contributed by atoms with Gasteiger partial charge in [0.1, 0.15) is 5.60 Å². The molecule has 0 aliphatic carbocycles. The number of alkyl carbamates (subject to hydrolysis) is 1. The van der Waals surface area contributed by atoms with Crippen molar-refractivity contribution in [3.63, 3.8) is 0 Å². The van der Waals surface area contributed by atoms with Crippen LogP contribution < -0.4 is 11.1 Å². The summed E-state index contributed by atoms with van der Waals surface area (Å²) < 4.78 is 5.14. The molecular weight excluding hydrogens is 212 g/mol. The van der Waals surface area contributed by atoms with Crippen molar-refractivity contribution in [3.05, 3.63) is 0 Å². The molecule has 0 aromatic rings. The van der Waals surface area contributed by atoms with Crippen LogP contribution in [0.3, 0.4) is 0 Å². The largest absolute Gasteiger partial charge is 0.444 e. The van der Waals surface area contributed by atoms with Crippen molar-refractivity contribution in [2.24, 2.45) is 11.7 Å². The van der Waals surface area contributed by atoms with Crippen LogP contribution in [0.25, 0.3) is 0 Å². The van der Waals surface area contributed by atoms with Crippen LogP contribution in [0.2, 0.25) is 0 Å². The maximum atomic E-state index is 11.3. The first kappa shape index (κ1) is 12.6. The number of carbonyl (C=O) groups excluding carboxylic acids is 1. The predicted molar refractivity (Wildman–Crippen MR) is 63.0 cm³/mol. The molecule has 0 spiro atoms. The quantitative estimate of drug-likeness (QED) is 0.751. The van der Waals surface area contributed by atoms with E-state index >= 15 is 0 Å². The second kappa shape index (κ2) is 5.07. The van der Waals surface area contributed by atoms with Crippen LogP contribution in [0, 0.1) is 5.92 Å². The van der Waals surface area contributed by atoms with Gasteiger partial charge in [-0.1, -0.05) is 0 Å². The van der Waals surface area contributed by atoms with Gasteiger partial charge in [0.2, 0.25) is 0 Å². The van der Waals surface area contributed by atoms with Gasteiger partial charge in [0.25, 0.3) is 0 Å². The van der Waals surface area contributed by atoms with E-state index in [1.807, 2.05) is 32.5 Å². The molecular formula is C10H20N2O2S. The van der Waals surface area contributed by atoms with Crippen LogP contribution >= 0.6 is 11.8 Å². The fraction of sp³-hybridized carbons (Fsp3) is 0.900.